The summed E-state index contributed by atoms with van der Waals surface area (Å²) in [5.74, 6) is 0.875. The molecule has 5 nitrogen and oxygen atoms in total. The van der Waals surface area contributed by atoms with Crippen molar-refractivity contribution in [3.8, 4) is 22.8 Å². The lowest BCUT2D eigenvalue weighted by atomic mass is 10.1. The third-order valence-electron chi connectivity index (χ3n) is 10.0. The van der Waals surface area contributed by atoms with E-state index in [-0.39, 0.29) is 0 Å². The van der Waals surface area contributed by atoms with Gasteiger partial charge >= 0.3 is 0 Å². The molecule has 0 amide bonds. The lowest BCUT2D eigenvalue weighted by molar-refractivity contribution is 1.08. The van der Waals surface area contributed by atoms with Gasteiger partial charge in [-0.15, -0.1) is 0 Å². The van der Waals surface area contributed by atoms with Crippen molar-refractivity contribution < 1.29 is 0 Å². The predicted octanol–water partition coefficient (Wildman–Crippen LogP) is 12.1. The van der Waals surface area contributed by atoms with Crippen LogP contribution in [-0.4, -0.2) is 19.1 Å². The first-order valence-electron chi connectivity index (χ1n) is 17.6. The van der Waals surface area contributed by atoms with Gasteiger partial charge in [-0.05, 0) is 97.4 Å². The molecule has 10 aromatic rings. The molecule has 0 radical (unpaired) electrons. The Hall–Kier alpha value is -6.98. The quantitative estimate of drug-likeness (QED) is 0.177. The number of para-hydroxylation sites is 3. The second-order valence-electron chi connectivity index (χ2n) is 13.2. The van der Waals surface area contributed by atoms with E-state index in [0.29, 0.717) is 0 Å². The molecule has 0 fully saturated rings. The van der Waals surface area contributed by atoms with Gasteiger partial charge in [0.2, 0.25) is 0 Å². The summed E-state index contributed by atoms with van der Waals surface area (Å²) in [6, 6.07) is 60.3. The number of benzene rings is 6. The van der Waals surface area contributed by atoms with Crippen LogP contribution in [0.3, 0.4) is 0 Å². The van der Waals surface area contributed by atoms with Crippen molar-refractivity contribution in [1.82, 2.24) is 19.1 Å². The van der Waals surface area contributed by atoms with Crippen LogP contribution >= 0.6 is 0 Å². The number of nitrogens with zero attached hydrogens (tertiary/aromatic N) is 5. The number of aromatic nitrogens is 4. The minimum Gasteiger partial charge on any atom is -0.310 e. The SMILES string of the molecule is Cc1ccnc(-c2cccc(N(c3ccccc3)c3ccc4c5c(ccc6c7ccccc7n(-c7ccccc7)c65)n(-c5ccccn5)c4c3)c2)c1. The minimum atomic E-state index is 0.875. The standard InChI is InChI=1S/C47H33N5/c1-32-26-28-48-41(29-32)33-13-12-18-36(30-33)50(34-14-4-2-5-15-34)37-22-23-40-44(31-37)52(45-21-10-11-27-49-45)43-25-24-39-38-19-8-9-20-42(38)51(47(39)46(40)43)35-16-6-3-7-17-35/h2-31H,1H3. The molecule has 0 unspecified atom stereocenters. The van der Waals surface area contributed by atoms with Crippen molar-refractivity contribution >= 4 is 60.7 Å². The zero-order valence-corrected chi connectivity index (χ0v) is 28.6. The Balaban J connectivity index is 1.28. The van der Waals surface area contributed by atoms with Gasteiger partial charge in [0, 0.05) is 62.3 Å². The van der Waals surface area contributed by atoms with Crippen molar-refractivity contribution in [2.24, 2.45) is 0 Å². The highest BCUT2D eigenvalue weighted by Crippen LogP contribution is 2.44. The molecule has 0 atom stereocenters. The van der Waals surface area contributed by atoms with E-state index in [2.05, 4.69) is 179 Å². The topological polar surface area (TPSA) is 38.9 Å². The Morgan fingerprint density at radius 2 is 1.21 bits per heavy atom. The van der Waals surface area contributed by atoms with Crippen molar-refractivity contribution in [1.29, 1.82) is 0 Å². The molecule has 4 aromatic heterocycles. The number of pyridine rings is 2. The van der Waals surface area contributed by atoms with E-state index < -0.39 is 0 Å². The summed E-state index contributed by atoms with van der Waals surface area (Å²) in [6.45, 7) is 2.11. The molecule has 6 aromatic carbocycles. The largest absolute Gasteiger partial charge is 0.310 e. The third kappa shape index (κ3) is 4.78. The van der Waals surface area contributed by atoms with Crippen LogP contribution in [-0.2, 0) is 0 Å². The Bertz CT molecular complexity index is 2910. The fourth-order valence-corrected chi connectivity index (χ4v) is 7.78. The maximum absolute atomic E-state index is 4.90. The van der Waals surface area contributed by atoms with Crippen LogP contribution in [0.4, 0.5) is 17.1 Å². The number of rotatable bonds is 6. The fraction of sp³-hybridized carbons (Fsp3) is 0.0213. The molecule has 0 saturated heterocycles. The molecule has 4 heterocycles. The Labute approximate surface area is 301 Å². The highest BCUT2D eigenvalue weighted by molar-refractivity contribution is 6.26. The monoisotopic (exact) mass is 667 g/mol. The van der Waals surface area contributed by atoms with E-state index in [1.807, 2.05) is 24.5 Å². The molecule has 0 saturated carbocycles. The third-order valence-corrected chi connectivity index (χ3v) is 10.0. The lowest BCUT2D eigenvalue weighted by Gasteiger charge is -2.26. The molecule has 0 spiro atoms. The zero-order chi connectivity index (χ0) is 34.6. The van der Waals surface area contributed by atoms with Gasteiger partial charge in [0.25, 0.3) is 0 Å². The summed E-state index contributed by atoms with van der Waals surface area (Å²) in [4.78, 5) is 11.9. The molecule has 246 valence electrons. The van der Waals surface area contributed by atoms with Crippen LogP contribution in [0.1, 0.15) is 5.56 Å². The number of hydrogen-bond donors (Lipinski definition) is 0. The van der Waals surface area contributed by atoms with E-state index >= 15 is 0 Å². The van der Waals surface area contributed by atoms with Crippen LogP contribution in [0, 0.1) is 6.92 Å². The average Bonchev–Trinajstić information content (AvgIpc) is 3.72. The minimum absolute atomic E-state index is 0.875. The molecule has 0 aliphatic carbocycles. The van der Waals surface area contributed by atoms with E-state index in [1.54, 1.807) is 0 Å². The average molecular weight is 668 g/mol. The van der Waals surface area contributed by atoms with Gasteiger partial charge < -0.3 is 9.47 Å². The second kappa shape index (κ2) is 12.1. The van der Waals surface area contributed by atoms with Gasteiger partial charge in [0.05, 0.1) is 27.8 Å². The van der Waals surface area contributed by atoms with Crippen LogP contribution < -0.4 is 4.90 Å². The molecule has 0 aliphatic heterocycles. The van der Waals surface area contributed by atoms with E-state index in [4.69, 9.17) is 9.97 Å². The summed E-state index contributed by atoms with van der Waals surface area (Å²) >= 11 is 0. The Morgan fingerprint density at radius 3 is 2.04 bits per heavy atom. The summed E-state index contributed by atoms with van der Waals surface area (Å²) in [5, 5.41) is 4.82. The maximum atomic E-state index is 4.90. The van der Waals surface area contributed by atoms with E-state index in [0.717, 1.165) is 50.9 Å². The highest BCUT2D eigenvalue weighted by atomic mass is 15.1. The van der Waals surface area contributed by atoms with Crippen LogP contribution in [0.5, 0.6) is 0 Å². The molecule has 0 aliphatic rings. The fourth-order valence-electron chi connectivity index (χ4n) is 7.78. The van der Waals surface area contributed by atoms with Gasteiger partial charge in [0.1, 0.15) is 5.82 Å². The number of aryl methyl sites for hydroxylation is 1. The molecule has 10 rings (SSSR count). The van der Waals surface area contributed by atoms with Gasteiger partial charge in [0.15, 0.2) is 0 Å². The first-order chi connectivity index (χ1) is 25.7. The molecule has 0 bridgehead atoms. The number of hydrogen-bond acceptors (Lipinski definition) is 3. The van der Waals surface area contributed by atoms with Crippen LogP contribution in [0.15, 0.2) is 182 Å². The Kier molecular flexibility index (Phi) is 6.96. The lowest BCUT2D eigenvalue weighted by Crippen LogP contribution is -2.10. The van der Waals surface area contributed by atoms with Crippen LogP contribution in [0.2, 0.25) is 0 Å². The Morgan fingerprint density at radius 1 is 0.462 bits per heavy atom. The first-order valence-corrected chi connectivity index (χ1v) is 17.6. The van der Waals surface area contributed by atoms with Crippen molar-refractivity contribution in [2.45, 2.75) is 6.92 Å². The van der Waals surface area contributed by atoms with Gasteiger partial charge in [-0.3, -0.25) is 9.55 Å². The first kappa shape index (κ1) is 29.9. The number of anilines is 3. The normalized spacial score (nSPS) is 11.6. The molecular weight excluding hydrogens is 635 g/mol. The second-order valence-corrected chi connectivity index (χ2v) is 13.2. The maximum Gasteiger partial charge on any atom is 0.137 e. The van der Waals surface area contributed by atoms with E-state index in [1.165, 1.54) is 38.1 Å². The smallest absolute Gasteiger partial charge is 0.137 e. The van der Waals surface area contributed by atoms with E-state index in [9.17, 15) is 0 Å². The predicted molar refractivity (Wildman–Crippen MR) is 216 cm³/mol. The van der Waals surface area contributed by atoms with Crippen LogP contribution in [0.25, 0.3) is 66.4 Å². The van der Waals surface area contributed by atoms with Gasteiger partial charge in [-0.1, -0.05) is 84.9 Å². The van der Waals surface area contributed by atoms with Gasteiger partial charge in [-0.25, -0.2) is 4.98 Å². The van der Waals surface area contributed by atoms with Crippen molar-refractivity contribution in [3.05, 3.63) is 188 Å². The summed E-state index contributed by atoms with van der Waals surface area (Å²) < 4.78 is 4.74. The summed E-state index contributed by atoms with van der Waals surface area (Å²) in [7, 11) is 0. The molecule has 5 heteroatoms. The highest BCUT2D eigenvalue weighted by Gasteiger charge is 2.23. The summed E-state index contributed by atoms with van der Waals surface area (Å²) in [5.41, 5.74) is 12.1. The molecular formula is C47H33N5. The molecule has 52 heavy (non-hydrogen) atoms. The van der Waals surface area contributed by atoms with Crippen molar-refractivity contribution in [2.75, 3.05) is 4.90 Å². The summed E-state index contributed by atoms with van der Waals surface area (Å²) in [6.07, 6.45) is 3.75. The van der Waals surface area contributed by atoms with Gasteiger partial charge in [-0.2, -0.15) is 0 Å². The number of fused-ring (bicyclic) bond motifs is 7. The zero-order valence-electron chi connectivity index (χ0n) is 28.6. The van der Waals surface area contributed by atoms with Crippen molar-refractivity contribution in [3.63, 3.8) is 0 Å². The molecule has 0 N–H and O–H groups in total.